The van der Waals surface area contributed by atoms with Crippen LogP contribution in [-0.2, 0) is 4.79 Å². The third-order valence-electron chi connectivity index (χ3n) is 4.66. The first kappa shape index (κ1) is 19.2. The van der Waals surface area contributed by atoms with Gasteiger partial charge in [-0.2, -0.15) is 0 Å². The summed E-state index contributed by atoms with van der Waals surface area (Å²) in [6.45, 7) is 0. The predicted octanol–water partition coefficient (Wildman–Crippen LogP) is 6.19. The zero-order valence-electron chi connectivity index (χ0n) is 16.3. The van der Waals surface area contributed by atoms with Gasteiger partial charge < -0.3 is 0 Å². The van der Waals surface area contributed by atoms with Crippen LogP contribution in [0.4, 0.5) is 0 Å². The van der Waals surface area contributed by atoms with E-state index in [1.165, 1.54) is 0 Å². The van der Waals surface area contributed by atoms with Crippen LogP contribution in [0.15, 0.2) is 110 Å². The summed E-state index contributed by atoms with van der Waals surface area (Å²) in [6, 6.07) is 19.9. The lowest BCUT2D eigenvalue weighted by atomic mass is 10.1. The van der Waals surface area contributed by atoms with Crippen LogP contribution in [0.3, 0.4) is 0 Å². The molecule has 0 amide bonds. The Labute approximate surface area is 175 Å². The third kappa shape index (κ3) is 4.65. The van der Waals surface area contributed by atoms with Gasteiger partial charge in [-0.1, -0.05) is 72.9 Å². The first-order valence-electron chi connectivity index (χ1n) is 9.72. The van der Waals surface area contributed by atoms with Crippen molar-refractivity contribution in [1.29, 1.82) is 0 Å². The lowest BCUT2D eigenvalue weighted by Gasteiger charge is -1.99. The van der Waals surface area contributed by atoms with Crippen molar-refractivity contribution in [2.24, 2.45) is 0 Å². The summed E-state index contributed by atoms with van der Waals surface area (Å²) >= 11 is 0. The highest BCUT2D eigenvalue weighted by atomic mass is 16.1. The maximum absolute atomic E-state index is 12.0. The van der Waals surface area contributed by atoms with E-state index in [9.17, 15) is 4.79 Å². The van der Waals surface area contributed by atoms with Crippen LogP contribution < -0.4 is 0 Å². The molecule has 0 N–H and O–H groups in total. The van der Waals surface area contributed by atoms with E-state index in [-0.39, 0.29) is 5.78 Å². The summed E-state index contributed by atoms with van der Waals surface area (Å²) in [5.41, 5.74) is 4.05. The molecule has 0 unspecified atom stereocenters. The third-order valence-corrected chi connectivity index (χ3v) is 4.66. The molecule has 0 saturated carbocycles. The number of aromatic nitrogens is 2. The standard InChI is InChI=1S/C27H20N2O/c30-23(11-3-1-9-21-17-19-28-26-15-7-5-13-24(21)26)12-4-2-10-22-18-20-29-27-16-8-6-14-25(22)27/h1-20H/b9-1+,10-2+,11-3+,12-4+. The molecule has 0 aliphatic carbocycles. The molecule has 4 rings (SSSR count). The molecule has 0 saturated heterocycles. The van der Waals surface area contributed by atoms with Gasteiger partial charge in [-0.05, 0) is 47.5 Å². The Bertz CT molecular complexity index is 1200. The van der Waals surface area contributed by atoms with Crippen LogP contribution in [0.1, 0.15) is 11.1 Å². The summed E-state index contributed by atoms with van der Waals surface area (Å²) in [5, 5.41) is 2.18. The average Bonchev–Trinajstić information content (AvgIpc) is 2.79. The van der Waals surface area contributed by atoms with Crippen molar-refractivity contribution in [3.05, 3.63) is 121 Å². The van der Waals surface area contributed by atoms with E-state index >= 15 is 0 Å². The Kier molecular flexibility index (Phi) is 6.02. The van der Waals surface area contributed by atoms with Crippen molar-refractivity contribution in [2.75, 3.05) is 0 Å². The first-order valence-corrected chi connectivity index (χ1v) is 9.72. The number of rotatable bonds is 6. The maximum atomic E-state index is 12.0. The number of fused-ring (bicyclic) bond motifs is 2. The van der Waals surface area contributed by atoms with Gasteiger partial charge in [0.25, 0.3) is 0 Å². The molecule has 30 heavy (non-hydrogen) atoms. The first-order chi connectivity index (χ1) is 14.8. The van der Waals surface area contributed by atoms with Crippen LogP contribution in [0.25, 0.3) is 34.0 Å². The average molecular weight is 388 g/mol. The highest BCUT2D eigenvalue weighted by Gasteiger charge is 1.97. The molecule has 2 aromatic carbocycles. The molecule has 0 bridgehead atoms. The second-order valence-electron chi connectivity index (χ2n) is 6.67. The molecule has 2 heterocycles. The Morgan fingerprint density at radius 3 is 1.57 bits per heavy atom. The number of carbonyl (C=O) groups is 1. The van der Waals surface area contributed by atoms with Crippen molar-refractivity contribution in [3.8, 4) is 0 Å². The normalized spacial score (nSPS) is 12.3. The van der Waals surface area contributed by atoms with Gasteiger partial charge in [-0.3, -0.25) is 14.8 Å². The smallest absolute Gasteiger partial charge is 0.178 e. The molecule has 0 fully saturated rings. The van der Waals surface area contributed by atoms with Gasteiger partial charge in [0.2, 0.25) is 0 Å². The van der Waals surface area contributed by atoms with Crippen LogP contribution in [0, 0.1) is 0 Å². The van der Waals surface area contributed by atoms with E-state index in [2.05, 4.69) is 9.97 Å². The maximum Gasteiger partial charge on any atom is 0.178 e. The number of hydrogen-bond acceptors (Lipinski definition) is 3. The zero-order valence-corrected chi connectivity index (χ0v) is 16.3. The number of benzene rings is 2. The minimum atomic E-state index is -0.0662. The Morgan fingerprint density at radius 2 is 1.07 bits per heavy atom. The summed E-state index contributed by atoms with van der Waals surface area (Å²) in [6.07, 6.45) is 17.9. The molecule has 0 atom stereocenters. The van der Waals surface area contributed by atoms with Crippen LogP contribution in [0.2, 0.25) is 0 Å². The fourth-order valence-corrected chi connectivity index (χ4v) is 3.20. The molecule has 3 nitrogen and oxygen atoms in total. The number of allylic oxidation sites excluding steroid dienone is 6. The number of carbonyl (C=O) groups excluding carboxylic acids is 1. The largest absolute Gasteiger partial charge is 0.290 e. The number of ketones is 1. The number of hydrogen-bond donors (Lipinski definition) is 0. The Balaban J connectivity index is 1.38. The summed E-state index contributed by atoms with van der Waals surface area (Å²) in [5.74, 6) is -0.0662. The minimum Gasteiger partial charge on any atom is -0.290 e. The van der Waals surface area contributed by atoms with E-state index in [0.717, 1.165) is 32.9 Å². The van der Waals surface area contributed by atoms with Crippen molar-refractivity contribution in [3.63, 3.8) is 0 Å². The summed E-state index contributed by atoms with van der Waals surface area (Å²) < 4.78 is 0. The molecule has 0 spiro atoms. The monoisotopic (exact) mass is 388 g/mol. The molecule has 3 heteroatoms. The lowest BCUT2D eigenvalue weighted by Crippen LogP contribution is -1.84. The molecule has 0 radical (unpaired) electrons. The van der Waals surface area contributed by atoms with Crippen molar-refractivity contribution >= 4 is 39.7 Å². The number of pyridine rings is 2. The van der Waals surface area contributed by atoms with Crippen LogP contribution in [-0.4, -0.2) is 15.8 Å². The second-order valence-corrected chi connectivity index (χ2v) is 6.67. The van der Waals surface area contributed by atoms with Crippen molar-refractivity contribution in [1.82, 2.24) is 9.97 Å². The van der Waals surface area contributed by atoms with Crippen molar-refractivity contribution < 1.29 is 4.79 Å². The highest BCUT2D eigenvalue weighted by Crippen LogP contribution is 2.18. The fourth-order valence-electron chi connectivity index (χ4n) is 3.20. The molecule has 2 aromatic heterocycles. The van der Waals surface area contributed by atoms with Gasteiger partial charge in [-0.25, -0.2) is 0 Å². The van der Waals surface area contributed by atoms with Crippen LogP contribution in [0.5, 0.6) is 0 Å². The van der Waals surface area contributed by atoms with Gasteiger partial charge in [0.05, 0.1) is 11.0 Å². The molecule has 0 aliphatic rings. The lowest BCUT2D eigenvalue weighted by molar-refractivity contribution is -0.110. The van der Waals surface area contributed by atoms with E-state index in [4.69, 9.17) is 0 Å². The fraction of sp³-hybridized carbons (Fsp3) is 0. The Morgan fingerprint density at radius 1 is 0.600 bits per heavy atom. The van der Waals surface area contributed by atoms with E-state index in [1.807, 2.05) is 85.0 Å². The second kappa shape index (κ2) is 9.39. The van der Waals surface area contributed by atoms with E-state index < -0.39 is 0 Å². The Hall–Kier alpha value is -4.11. The zero-order chi connectivity index (χ0) is 20.6. The SMILES string of the molecule is O=C(/C=C/C=C/c1ccnc2ccccc12)/C=C/C=C/c1ccnc2ccccc12. The van der Waals surface area contributed by atoms with Crippen molar-refractivity contribution in [2.45, 2.75) is 0 Å². The number of para-hydroxylation sites is 2. The topological polar surface area (TPSA) is 42.9 Å². The van der Waals surface area contributed by atoms with Gasteiger partial charge in [-0.15, -0.1) is 0 Å². The molecule has 144 valence electrons. The summed E-state index contributed by atoms with van der Waals surface area (Å²) in [7, 11) is 0. The molecule has 4 aromatic rings. The molecular weight excluding hydrogens is 368 g/mol. The van der Waals surface area contributed by atoms with Gasteiger partial charge >= 0.3 is 0 Å². The minimum absolute atomic E-state index is 0.0662. The van der Waals surface area contributed by atoms with Gasteiger partial charge in [0.15, 0.2) is 5.78 Å². The molecule has 0 aliphatic heterocycles. The van der Waals surface area contributed by atoms with E-state index in [1.54, 1.807) is 36.7 Å². The highest BCUT2D eigenvalue weighted by molar-refractivity contribution is 5.99. The van der Waals surface area contributed by atoms with Gasteiger partial charge in [0.1, 0.15) is 0 Å². The predicted molar refractivity (Wildman–Crippen MR) is 125 cm³/mol. The van der Waals surface area contributed by atoms with Crippen LogP contribution >= 0.6 is 0 Å². The summed E-state index contributed by atoms with van der Waals surface area (Å²) in [4.78, 5) is 20.7. The molecular formula is C27H20N2O. The number of nitrogens with zero attached hydrogens (tertiary/aromatic N) is 2. The van der Waals surface area contributed by atoms with Gasteiger partial charge in [0, 0.05) is 23.2 Å². The van der Waals surface area contributed by atoms with E-state index in [0.29, 0.717) is 0 Å². The quantitative estimate of drug-likeness (QED) is 0.292.